The number of aromatic nitrogens is 4. The lowest BCUT2D eigenvalue weighted by Crippen LogP contribution is -2.38. The minimum Gasteiger partial charge on any atom is -0.304 e. The number of nitrogens with zero attached hydrogens (tertiary/aromatic N) is 4. The molecule has 1 aromatic heterocycles. The van der Waals surface area contributed by atoms with Crippen molar-refractivity contribution in [2.24, 2.45) is 0 Å². The molecule has 1 aliphatic rings. The van der Waals surface area contributed by atoms with E-state index in [0.29, 0.717) is 13.1 Å². The number of amides is 2. The van der Waals surface area contributed by atoms with Crippen LogP contribution in [0, 0.1) is 0 Å². The molecule has 1 atom stereocenters. The molecule has 0 saturated carbocycles. The fourth-order valence-corrected chi connectivity index (χ4v) is 1.35. The number of hydrogen-bond acceptors (Lipinski definition) is 6. The zero-order chi connectivity index (χ0) is 10.7. The first kappa shape index (κ1) is 9.71. The third-order valence-corrected chi connectivity index (χ3v) is 2.06. The quantitative estimate of drug-likeness (QED) is 0.541. The van der Waals surface area contributed by atoms with Gasteiger partial charge in [0.05, 0.1) is 19.0 Å². The first-order valence-corrected chi connectivity index (χ1v) is 4.53. The lowest BCUT2D eigenvalue weighted by atomic mass is 10.2. The Hall–Kier alpha value is -1.83. The molecule has 15 heavy (non-hydrogen) atoms. The molecule has 1 fully saturated rings. The van der Waals surface area contributed by atoms with Crippen molar-refractivity contribution < 1.29 is 9.59 Å². The van der Waals surface area contributed by atoms with Crippen molar-refractivity contribution in [2.45, 2.75) is 19.0 Å². The molecule has 0 aliphatic carbocycles. The first-order valence-electron chi connectivity index (χ1n) is 4.53. The highest BCUT2D eigenvalue weighted by Crippen LogP contribution is 2.00. The Morgan fingerprint density at radius 3 is 3.07 bits per heavy atom. The monoisotopic (exact) mass is 210 g/mol. The number of carbonyl (C=O) groups is 2. The second-order valence-electron chi connectivity index (χ2n) is 3.16. The van der Waals surface area contributed by atoms with E-state index in [1.165, 1.54) is 11.1 Å². The van der Waals surface area contributed by atoms with Crippen molar-refractivity contribution in [3.05, 3.63) is 6.33 Å². The van der Waals surface area contributed by atoms with Gasteiger partial charge in [-0.05, 0) is 5.21 Å². The van der Waals surface area contributed by atoms with E-state index in [1.807, 2.05) is 0 Å². The predicted octanol–water partition coefficient (Wildman–Crippen LogP) is -2.32. The minimum atomic E-state index is -0.430. The van der Waals surface area contributed by atoms with Crippen LogP contribution in [-0.2, 0) is 16.1 Å². The van der Waals surface area contributed by atoms with E-state index >= 15 is 0 Å². The molecular formula is C7H10N6O2. The van der Waals surface area contributed by atoms with Crippen molar-refractivity contribution in [1.82, 2.24) is 30.8 Å². The highest BCUT2D eigenvalue weighted by molar-refractivity contribution is 6.05. The molecule has 0 aromatic carbocycles. The van der Waals surface area contributed by atoms with E-state index in [1.54, 1.807) is 0 Å². The Morgan fingerprint density at radius 1 is 1.60 bits per heavy atom. The number of carbonyl (C=O) groups excluding carboxylic acids is 2. The number of hydrogen-bond donors (Lipinski definition) is 2. The van der Waals surface area contributed by atoms with Gasteiger partial charge in [0.15, 0.2) is 6.33 Å². The van der Waals surface area contributed by atoms with Gasteiger partial charge < -0.3 is 5.32 Å². The predicted molar refractivity (Wildman–Crippen MR) is 47.4 cm³/mol. The van der Waals surface area contributed by atoms with E-state index < -0.39 is 6.04 Å². The summed E-state index contributed by atoms with van der Waals surface area (Å²) < 4.78 is 0. The fraction of sp³-hybridized carbons (Fsp3) is 0.571. The Kier molecular flexibility index (Phi) is 2.68. The molecule has 2 rings (SSSR count). The van der Waals surface area contributed by atoms with Gasteiger partial charge in [-0.1, -0.05) is 0 Å². The fourth-order valence-electron chi connectivity index (χ4n) is 1.35. The summed E-state index contributed by atoms with van der Waals surface area (Å²) in [7, 11) is 0. The molecule has 0 unspecified atom stereocenters. The van der Waals surface area contributed by atoms with E-state index in [-0.39, 0.29) is 18.2 Å². The lowest BCUT2D eigenvalue weighted by Gasteiger charge is -2.07. The molecule has 0 radical (unpaired) electrons. The molecular weight excluding hydrogens is 200 g/mol. The zero-order valence-corrected chi connectivity index (χ0v) is 7.88. The van der Waals surface area contributed by atoms with Crippen molar-refractivity contribution in [1.29, 1.82) is 0 Å². The molecule has 2 amide bonds. The number of rotatable bonds is 4. The maximum Gasteiger partial charge on any atom is 0.244 e. The summed E-state index contributed by atoms with van der Waals surface area (Å²) in [6.45, 7) is 1.03. The minimum absolute atomic E-state index is 0.198. The summed E-state index contributed by atoms with van der Waals surface area (Å²) >= 11 is 0. The number of nitrogens with one attached hydrogen (secondary N) is 2. The molecule has 1 saturated heterocycles. The van der Waals surface area contributed by atoms with Crippen LogP contribution in [0.1, 0.15) is 6.42 Å². The molecule has 1 aliphatic heterocycles. The molecule has 8 heteroatoms. The van der Waals surface area contributed by atoms with Crippen molar-refractivity contribution in [3.63, 3.8) is 0 Å². The van der Waals surface area contributed by atoms with E-state index in [2.05, 4.69) is 26.0 Å². The average molecular weight is 210 g/mol. The first-order chi connectivity index (χ1) is 7.25. The normalized spacial score (nSPS) is 20.7. The Balaban J connectivity index is 1.74. The molecule has 8 nitrogen and oxygen atoms in total. The largest absolute Gasteiger partial charge is 0.304 e. The van der Waals surface area contributed by atoms with Gasteiger partial charge in [-0.3, -0.25) is 14.9 Å². The van der Waals surface area contributed by atoms with Crippen LogP contribution in [0.4, 0.5) is 0 Å². The van der Waals surface area contributed by atoms with Crippen LogP contribution >= 0.6 is 0 Å². The second kappa shape index (κ2) is 4.13. The molecule has 0 bridgehead atoms. The topological polar surface area (TPSA) is 102 Å². The van der Waals surface area contributed by atoms with Crippen molar-refractivity contribution in [3.8, 4) is 0 Å². The van der Waals surface area contributed by atoms with Crippen LogP contribution in [0.3, 0.4) is 0 Å². The van der Waals surface area contributed by atoms with Gasteiger partial charge in [0.2, 0.25) is 11.8 Å². The summed E-state index contributed by atoms with van der Waals surface area (Å²) in [5.41, 5.74) is 0. The Morgan fingerprint density at radius 2 is 2.47 bits per heavy atom. The van der Waals surface area contributed by atoms with E-state index in [0.717, 1.165) is 0 Å². The summed E-state index contributed by atoms with van der Waals surface area (Å²) in [5.74, 6) is -0.511. The van der Waals surface area contributed by atoms with Gasteiger partial charge in [-0.25, -0.2) is 0 Å². The summed E-state index contributed by atoms with van der Waals surface area (Å²) in [6.07, 6.45) is 1.54. The Labute approximate surface area is 85.0 Å². The smallest absolute Gasteiger partial charge is 0.244 e. The maximum absolute atomic E-state index is 11.1. The summed E-state index contributed by atoms with van der Waals surface area (Å²) in [6, 6.07) is -0.430. The van der Waals surface area contributed by atoms with Crippen LogP contribution < -0.4 is 10.6 Å². The van der Waals surface area contributed by atoms with Crippen molar-refractivity contribution >= 4 is 11.8 Å². The molecule has 80 valence electrons. The average Bonchev–Trinajstić information content (AvgIpc) is 2.77. The van der Waals surface area contributed by atoms with E-state index in [4.69, 9.17) is 0 Å². The SMILES string of the molecule is O=C1C[C@@H](NCCn2ncnn2)C(=O)N1. The standard InChI is InChI=1S/C7H10N6O2/c14-6-3-5(7(15)11-6)8-1-2-13-10-4-9-12-13/h4-5,8H,1-3H2,(H,11,14,15)/t5-/m1/s1. The molecule has 2 heterocycles. The molecule has 1 aromatic rings. The summed E-state index contributed by atoms with van der Waals surface area (Å²) in [4.78, 5) is 23.4. The van der Waals surface area contributed by atoms with Crippen LogP contribution in [0.2, 0.25) is 0 Å². The van der Waals surface area contributed by atoms with Crippen molar-refractivity contribution in [2.75, 3.05) is 6.54 Å². The zero-order valence-electron chi connectivity index (χ0n) is 7.88. The van der Waals surface area contributed by atoms with Gasteiger partial charge in [0, 0.05) is 6.54 Å². The Bertz CT molecular complexity index is 362. The molecule has 2 N–H and O–H groups in total. The highest BCUT2D eigenvalue weighted by Gasteiger charge is 2.29. The van der Waals surface area contributed by atoms with Gasteiger partial charge in [0.1, 0.15) is 0 Å². The highest BCUT2D eigenvalue weighted by atomic mass is 16.2. The van der Waals surface area contributed by atoms with Gasteiger partial charge in [0.25, 0.3) is 0 Å². The lowest BCUT2D eigenvalue weighted by molar-refractivity contribution is -0.125. The van der Waals surface area contributed by atoms with Crippen LogP contribution in [0.15, 0.2) is 6.33 Å². The third kappa shape index (κ3) is 2.34. The van der Waals surface area contributed by atoms with Gasteiger partial charge in [-0.2, -0.15) is 4.80 Å². The summed E-state index contributed by atoms with van der Waals surface area (Å²) in [5, 5.41) is 16.2. The third-order valence-electron chi connectivity index (χ3n) is 2.06. The van der Waals surface area contributed by atoms with Crippen LogP contribution in [-0.4, -0.2) is 44.6 Å². The second-order valence-corrected chi connectivity index (χ2v) is 3.16. The van der Waals surface area contributed by atoms with Gasteiger partial charge in [-0.15, -0.1) is 10.2 Å². The van der Waals surface area contributed by atoms with Crippen LogP contribution in [0.5, 0.6) is 0 Å². The number of imide groups is 1. The van der Waals surface area contributed by atoms with Gasteiger partial charge >= 0.3 is 0 Å². The molecule has 0 spiro atoms. The number of tetrazole rings is 1. The maximum atomic E-state index is 11.1. The van der Waals surface area contributed by atoms with E-state index in [9.17, 15) is 9.59 Å². The van der Waals surface area contributed by atoms with Crippen LogP contribution in [0.25, 0.3) is 0 Å².